The third-order valence-corrected chi connectivity index (χ3v) is 4.96. The van der Waals surface area contributed by atoms with Crippen LogP contribution in [0.15, 0.2) is 9.72 Å². The maximum absolute atomic E-state index is 9.96. The number of nitrogens with one attached hydrogen (secondary N) is 1. The molecule has 0 bridgehead atoms. The van der Waals surface area contributed by atoms with Gasteiger partial charge in [-0.3, -0.25) is 4.90 Å². The summed E-state index contributed by atoms with van der Waals surface area (Å²) in [4.78, 5) is 6.69. The Bertz CT molecular complexity index is 339. The van der Waals surface area contributed by atoms with Crippen LogP contribution in [-0.4, -0.2) is 59.6 Å². The van der Waals surface area contributed by atoms with Crippen molar-refractivity contribution in [3.8, 4) is 0 Å². The molecule has 17 heavy (non-hydrogen) atoms. The fourth-order valence-electron chi connectivity index (χ4n) is 1.81. The highest BCUT2D eigenvalue weighted by Gasteiger charge is 2.14. The van der Waals surface area contributed by atoms with Crippen LogP contribution in [-0.2, 0) is 0 Å². The molecule has 1 unspecified atom stereocenters. The van der Waals surface area contributed by atoms with E-state index >= 15 is 0 Å². The number of β-amino-alcohol motifs (C(OH)–C–C–N with tert-alkyl or cyclic N) is 1. The first-order valence-corrected chi connectivity index (χ1v) is 7.76. The Hall–Kier alpha value is -0.140. The molecule has 96 valence electrons. The van der Waals surface area contributed by atoms with E-state index in [1.807, 2.05) is 12.3 Å². The molecular weight excluding hydrogens is 254 g/mol. The predicted molar refractivity (Wildman–Crippen MR) is 72.9 cm³/mol. The molecule has 1 aliphatic heterocycles. The molecule has 1 aliphatic rings. The molecule has 2 N–H and O–H groups in total. The minimum atomic E-state index is -0.262. The Labute approximate surface area is 110 Å². The van der Waals surface area contributed by atoms with Gasteiger partial charge >= 0.3 is 0 Å². The van der Waals surface area contributed by atoms with E-state index in [0.717, 1.165) is 48.5 Å². The Morgan fingerprint density at radius 3 is 3.00 bits per heavy atom. The predicted octanol–water partition coefficient (Wildman–Crippen LogP) is 0.810. The number of aliphatic hydroxyl groups is 1. The van der Waals surface area contributed by atoms with Gasteiger partial charge in [0.05, 0.1) is 6.10 Å². The summed E-state index contributed by atoms with van der Waals surface area (Å²) < 4.78 is 1.06. The lowest BCUT2D eigenvalue weighted by atomic mass is 10.3. The summed E-state index contributed by atoms with van der Waals surface area (Å²) in [5.41, 5.74) is 1.06. The smallest absolute Gasteiger partial charge is 0.150 e. The van der Waals surface area contributed by atoms with E-state index in [2.05, 4.69) is 15.2 Å². The monoisotopic (exact) mass is 273 g/mol. The van der Waals surface area contributed by atoms with Crippen molar-refractivity contribution in [3.63, 3.8) is 0 Å². The number of rotatable bonds is 5. The lowest BCUT2D eigenvalue weighted by molar-refractivity contribution is 0.121. The summed E-state index contributed by atoms with van der Waals surface area (Å²) >= 11 is 3.31. The van der Waals surface area contributed by atoms with Crippen LogP contribution in [0.5, 0.6) is 0 Å². The molecule has 2 heterocycles. The quantitative estimate of drug-likeness (QED) is 0.778. The van der Waals surface area contributed by atoms with Crippen LogP contribution in [0, 0.1) is 6.92 Å². The third-order valence-electron chi connectivity index (χ3n) is 2.68. The first-order chi connectivity index (χ1) is 8.24. The molecule has 1 aromatic heterocycles. The van der Waals surface area contributed by atoms with Crippen LogP contribution in [0.1, 0.15) is 5.69 Å². The van der Waals surface area contributed by atoms with Crippen molar-refractivity contribution in [3.05, 3.63) is 11.1 Å². The van der Waals surface area contributed by atoms with Crippen molar-refractivity contribution >= 4 is 23.1 Å². The van der Waals surface area contributed by atoms with Gasteiger partial charge in [0.25, 0.3) is 0 Å². The average molecular weight is 273 g/mol. The molecule has 0 amide bonds. The molecule has 1 fully saturated rings. The zero-order chi connectivity index (χ0) is 12.1. The number of aryl methyl sites for hydroxylation is 1. The van der Waals surface area contributed by atoms with Crippen LogP contribution in [0.4, 0.5) is 0 Å². The van der Waals surface area contributed by atoms with Gasteiger partial charge in [-0.15, -0.1) is 11.3 Å². The highest BCUT2D eigenvalue weighted by atomic mass is 32.2. The lowest BCUT2D eigenvalue weighted by Crippen LogP contribution is -2.46. The van der Waals surface area contributed by atoms with Gasteiger partial charge < -0.3 is 10.4 Å². The maximum atomic E-state index is 9.96. The molecule has 1 saturated heterocycles. The van der Waals surface area contributed by atoms with Gasteiger partial charge in [-0.1, -0.05) is 11.8 Å². The minimum absolute atomic E-state index is 0.262. The Kier molecular flexibility index (Phi) is 5.24. The molecule has 0 radical (unpaired) electrons. The molecule has 6 heteroatoms. The van der Waals surface area contributed by atoms with Crippen molar-refractivity contribution < 1.29 is 5.11 Å². The third kappa shape index (κ3) is 4.56. The van der Waals surface area contributed by atoms with E-state index < -0.39 is 0 Å². The highest BCUT2D eigenvalue weighted by molar-refractivity contribution is 8.01. The zero-order valence-corrected chi connectivity index (χ0v) is 11.7. The Morgan fingerprint density at radius 2 is 2.35 bits per heavy atom. The molecule has 1 aromatic rings. The van der Waals surface area contributed by atoms with Crippen molar-refractivity contribution in [2.75, 3.05) is 38.5 Å². The normalized spacial score (nSPS) is 19.4. The van der Waals surface area contributed by atoms with Crippen LogP contribution in [0.25, 0.3) is 0 Å². The van der Waals surface area contributed by atoms with E-state index in [0.29, 0.717) is 0 Å². The van der Waals surface area contributed by atoms with Crippen molar-refractivity contribution in [2.24, 2.45) is 0 Å². The van der Waals surface area contributed by atoms with Crippen LogP contribution >= 0.6 is 23.1 Å². The lowest BCUT2D eigenvalue weighted by Gasteiger charge is -2.28. The molecule has 0 aromatic carbocycles. The minimum Gasteiger partial charge on any atom is -0.391 e. The van der Waals surface area contributed by atoms with Crippen molar-refractivity contribution in [2.45, 2.75) is 17.4 Å². The summed E-state index contributed by atoms with van der Waals surface area (Å²) in [7, 11) is 0. The number of aromatic nitrogens is 1. The molecule has 0 aliphatic carbocycles. The van der Waals surface area contributed by atoms with Crippen LogP contribution in [0.3, 0.4) is 0 Å². The SMILES string of the molecule is Cc1csc(SCC(O)CN2CCNCC2)n1. The zero-order valence-electron chi connectivity index (χ0n) is 10.1. The van der Waals surface area contributed by atoms with Gasteiger partial charge in [0.2, 0.25) is 0 Å². The Morgan fingerprint density at radius 1 is 1.59 bits per heavy atom. The van der Waals surface area contributed by atoms with Gasteiger partial charge in [-0.05, 0) is 6.92 Å². The molecule has 0 spiro atoms. The highest BCUT2D eigenvalue weighted by Crippen LogP contribution is 2.23. The molecule has 4 nitrogen and oxygen atoms in total. The number of aliphatic hydroxyl groups excluding tert-OH is 1. The largest absolute Gasteiger partial charge is 0.391 e. The van der Waals surface area contributed by atoms with E-state index in [9.17, 15) is 5.11 Å². The number of thiazole rings is 1. The number of hydrogen-bond acceptors (Lipinski definition) is 6. The van der Waals surface area contributed by atoms with Gasteiger partial charge in [0, 0.05) is 49.6 Å². The van der Waals surface area contributed by atoms with Crippen molar-refractivity contribution in [1.82, 2.24) is 15.2 Å². The number of thioether (sulfide) groups is 1. The molecule has 0 saturated carbocycles. The van der Waals surface area contributed by atoms with Gasteiger partial charge in [-0.25, -0.2) is 4.98 Å². The topological polar surface area (TPSA) is 48.4 Å². The molecule has 1 atom stereocenters. The van der Waals surface area contributed by atoms with Crippen LogP contribution in [0.2, 0.25) is 0 Å². The summed E-state index contributed by atoms with van der Waals surface area (Å²) in [6, 6.07) is 0. The number of nitrogens with zero attached hydrogens (tertiary/aromatic N) is 2. The van der Waals surface area contributed by atoms with E-state index in [4.69, 9.17) is 0 Å². The fourth-order valence-corrected chi connectivity index (χ4v) is 3.60. The van der Waals surface area contributed by atoms with E-state index in [1.165, 1.54) is 0 Å². The standard InChI is InChI=1S/C11H19N3OS2/c1-9-7-16-11(13-9)17-8-10(15)6-14-4-2-12-3-5-14/h7,10,12,15H,2-6,8H2,1H3. The maximum Gasteiger partial charge on any atom is 0.150 e. The van der Waals surface area contributed by atoms with E-state index in [1.54, 1.807) is 23.1 Å². The van der Waals surface area contributed by atoms with E-state index in [-0.39, 0.29) is 6.10 Å². The summed E-state index contributed by atoms with van der Waals surface area (Å²) in [5.74, 6) is 0.733. The van der Waals surface area contributed by atoms with Gasteiger partial charge in [-0.2, -0.15) is 0 Å². The fraction of sp³-hybridized carbons (Fsp3) is 0.727. The summed E-state index contributed by atoms with van der Waals surface area (Å²) in [6.45, 7) is 6.92. The van der Waals surface area contributed by atoms with Gasteiger partial charge in [0.1, 0.15) is 4.34 Å². The second-order valence-electron chi connectivity index (χ2n) is 4.27. The summed E-state index contributed by atoms with van der Waals surface area (Å²) in [5, 5.41) is 15.3. The first kappa shape index (κ1) is 13.3. The number of piperazine rings is 1. The summed E-state index contributed by atoms with van der Waals surface area (Å²) in [6.07, 6.45) is -0.262. The average Bonchev–Trinajstić information content (AvgIpc) is 2.74. The second kappa shape index (κ2) is 6.70. The number of hydrogen-bond donors (Lipinski definition) is 2. The van der Waals surface area contributed by atoms with Gasteiger partial charge in [0.15, 0.2) is 0 Å². The second-order valence-corrected chi connectivity index (χ2v) is 6.40. The molecule has 2 rings (SSSR count). The Balaban J connectivity index is 1.68. The van der Waals surface area contributed by atoms with Crippen LogP contribution < -0.4 is 5.32 Å². The van der Waals surface area contributed by atoms with Crippen molar-refractivity contribution in [1.29, 1.82) is 0 Å². The first-order valence-electron chi connectivity index (χ1n) is 5.90. The molecular formula is C11H19N3OS2.